The number of ether oxygens (including phenoxy) is 3. The van der Waals surface area contributed by atoms with E-state index in [-0.39, 0.29) is 13.2 Å². The van der Waals surface area contributed by atoms with Crippen LogP contribution in [0.15, 0.2) is 83.1 Å². The molecule has 46 heavy (non-hydrogen) atoms. The van der Waals surface area contributed by atoms with Crippen LogP contribution >= 0.6 is 23.8 Å². The topological polar surface area (TPSA) is 114 Å². The van der Waals surface area contributed by atoms with Crippen LogP contribution in [-0.4, -0.2) is 49.5 Å². The normalized spacial score (nSPS) is 14.4. The lowest BCUT2D eigenvalue weighted by molar-refractivity contribution is -0.139. The lowest BCUT2D eigenvalue weighted by Gasteiger charge is -2.30. The number of allylic oxidation sites excluding steroid dienone is 1. The molecule has 0 bridgehead atoms. The maximum atomic E-state index is 12.8. The molecule has 1 aliphatic rings. The number of carbonyl (C=O) groups excluding carboxylic acids is 2. The van der Waals surface area contributed by atoms with Crippen LogP contribution in [0.2, 0.25) is 5.02 Å². The van der Waals surface area contributed by atoms with Crippen LogP contribution < -0.4 is 30.4 Å². The lowest BCUT2D eigenvalue weighted by atomic mass is 9.95. The Kier molecular flexibility index (Phi) is 12.4. The molecular weight excluding hydrogens is 626 g/mol. The second kappa shape index (κ2) is 16.6. The van der Waals surface area contributed by atoms with Gasteiger partial charge in [0.2, 0.25) is 0 Å². The van der Waals surface area contributed by atoms with Crippen molar-refractivity contribution in [3.05, 3.63) is 99.7 Å². The molecule has 3 N–H and O–H groups in total. The van der Waals surface area contributed by atoms with Crippen LogP contribution in [0.5, 0.6) is 11.5 Å². The number of hydrogen-bond donors (Lipinski definition) is 3. The second-order valence-electron chi connectivity index (χ2n) is 10.2. The minimum absolute atomic E-state index is 0.224. The molecule has 3 aromatic rings. The fourth-order valence-electron chi connectivity index (χ4n) is 4.89. The molecule has 242 valence electrons. The number of hydrazone groups is 1. The predicted molar refractivity (Wildman–Crippen MR) is 184 cm³/mol. The number of amides is 1. The fraction of sp³-hybridized carbons (Fsp3) is 0.294. The van der Waals surface area contributed by atoms with E-state index in [1.807, 2.05) is 48.5 Å². The molecule has 3 aromatic carbocycles. The van der Waals surface area contributed by atoms with Crippen molar-refractivity contribution in [2.45, 2.75) is 40.3 Å². The molecule has 1 atom stereocenters. The van der Waals surface area contributed by atoms with E-state index < -0.39 is 17.9 Å². The standard InChI is InChI=1S/C34H38ClN5O5S/c1-5-40(6-2)26-17-14-24(29(18-26)44-20-23-12-15-25(35)16-13-23)19-36-39-30(41)21-45-28-11-9-8-10-27(28)32-31(33(42)43-7-3)22(4)37-34(46)38-32/h8-19,32H,5-7,20-21H2,1-4H3,(H,39,41)(H2,37,38,46)/t32-/m1/s1. The van der Waals surface area contributed by atoms with Gasteiger partial charge in [0.25, 0.3) is 5.91 Å². The van der Waals surface area contributed by atoms with Crippen LogP contribution in [0, 0.1) is 0 Å². The number of thiocarbonyl (C=S) groups is 1. The van der Waals surface area contributed by atoms with Gasteiger partial charge >= 0.3 is 5.97 Å². The van der Waals surface area contributed by atoms with Crippen LogP contribution in [0.3, 0.4) is 0 Å². The van der Waals surface area contributed by atoms with E-state index in [0.29, 0.717) is 50.6 Å². The van der Waals surface area contributed by atoms with Crippen molar-refractivity contribution in [3.8, 4) is 11.5 Å². The number of nitrogens with one attached hydrogen (secondary N) is 3. The van der Waals surface area contributed by atoms with Crippen LogP contribution in [0.4, 0.5) is 5.69 Å². The van der Waals surface area contributed by atoms with E-state index in [9.17, 15) is 9.59 Å². The zero-order chi connectivity index (χ0) is 33.1. The summed E-state index contributed by atoms with van der Waals surface area (Å²) < 4.78 is 17.4. The van der Waals surface area contributed by atoms with E-state index in [1.54, 1.807) is 32.0 Å². The Bertz CT molecular complexity index is 1610. The van der Waals surface area contributed by atoms with Crippen molar-refractivity contribution in [2.24, 2.45) is 5.10 Å². The van der Waals surface area contributed by atoms with E-state index in [0.717, 1.165) is 24.3 Å². The number of nitrogens with zero attached hydrogens (tertiary/aromatic N) is 2. The van der Waals surface area contributed by atoms with Gasteiger partial charge < -0.3 is 29.7 Å². The largest absolute Gasteiger partial charge is 0.488 e. The summed E-state index contributed by atoms with van der Waals surface area (Å²) in [5, 5.41) is 11.3. The summed E-state index contributed by atoms with van der Waals surface area (Å²) >= 11 is 11.4. The van der Waals surface area contributed by atoms with Crippen molar-refractivity contribution in [2.75, 3.05) is 31.2 Å². The predicted octanol–water partition coefficient (Wildman–Crippen LogP) is 5.65. The van der Waals surface area contributed by atoms with Crippen LogP contribution in [0.25, 0.3) is 0 Å². The third-order valence-corrected chi connectivity index (χ3v) is 7.65. The third-order valence-electron chi connectivity index (χ3n) is 7.18. The molecule has 0 spiro atoms. The average Bonchev–Trinajstić information content (AvgIpc) is 3.04. The van der Waals surface area contributed by atoms with Crippen molar-refractivity contribution >= 4 is 52.7 Å². The Morgan fingerprint density at radius 1 is 1.02 bits per heavy atom. The monoisotopic (exact) mass is 663 g/mol. The highest BCUT2D eigenvalue weighted by molar-refractivity contribution is 7.80. The van der Waals surface area contributed by atoms with Gasteiger partial charge in [-0.2, -0.15) is 5.10 Å². The summed E-state index contributed by atoms with van der Waals surface area (Å²) in [6.07, 6.45) is 1.54. The van der Waals surface area contributed by atoms with Crippen molar-refractivity contribution in [3.63, 3.8) is 0 Å². The van der Waals surface area contributed by atoms with Gasteiger partial charge in [-0.05, 0) is 75.8 Å². The molecule has 1 amide bonds. The Labute approximate surface area is 279 Å². The van der Waals surface area contributed by atoms with Gasteiger partial charge in [0.05, 0.1) is 24.4 Å². The summed E-state index contributed by atoms with van der Waals surface area (Å²) in [4.78, 5) is 27.8. The minimum Gasteiger partial charge on any atom is -0.488 e. The maximum absolute atomic E-state index is 12.8. The van der Waals surface area contributed by atoms with Crippen molar-refractivity contribution in [1.29, 1.82) is 0 Å². The van der Waals surface area contributed by atoms with Crippen molar-refractivity contribution in [1.82, 2.24) is 16.1 Å². The van der Waals surface area contributed by atoms with Gasteiger partial charge in [-0.15, -0.1) is 0 Å². The second-order valence-corrected chi connectivity index (χ2v) is 11.1. The Balaban J connectivity index is 1.45. The minimum atomic E-state index is -0.629. The summed E-state index contributed by atoms with van der Waals surface area (Å²) in [6, 6.07) is 19.8. The number of anilines is 1. The van der Waals surface area contributed by atoms with E-state index >= 15 is 0 Å². The number of hydrogen-bond acceptors (Lipinski definition) is 8. The van der Waals surface area contributed by atoms with Gasteiger partial charge in [-0.25, -0.2) is 10.2 Å². The molecule has 0 unspecified atom stereocenters. The smallest absolute Gasteiger partial charge is 0.338 e. The van der Waals surface area contributed by atoms with Crippen LogP contribution in [0.1, 0.15) is 50.4 Å². The van der Waals surface area contributed by atoms with Gasteiger partial charge in [0.15, 0.2) is 11.7 Å². The van der Waals surface area contributed by atoms with Crippen molar-refractivity contribution < 1.29 is 23.8 Å². The highest BCUT2D eigenvalue weighted by Gasteiger charge is 2.32. The summed E-state index contributed by atoms with van der Waals surface area (Å²) in [5.74, 6) is 0.0792. The van der Waals surface area contributed by atoms with Crippen LogP contribution in [-0.2, 0) is 20.9 Å². The van der Waals surface area contributed by atoms with Gasteiger partial charge in [-0.3, -0.25) is 4.79 Å². The molecule has 1 heterocycles. The first kappa shape index (κ1) is 34.3. The quantitative estimate of drug-likeness (QED) is 0.0872. The molecule has 0 fully saturated rings. The summed E-state index contributed by atoms with van der Waals surface area (Å²) in [6.45, 7) is 9.63. The Morgan fingerprint density at radius 3 is 2.48 bits per heavy atom. The third kappa shape index (κ3) is 8.98. The van der Waals surface area contributed by atoms with Gasteiger partial charge in [-0.1, -0.05) is 41.9 Å². The van der Waals surface area contributed by atoms with Gasteiger partial charge in [0.1, 0.15) is 18.1 Å². The number of esters is 1. The SMILES string of the molecule is CCOC(=O)C1=C(C)NC(=S)N[C@@H]1c1ccccc1OCC(=O)NN=Cc1ccc(N(CC)CC)cc1OCc1ccc(Cl)cc1. The Morgan fingerprint density at radius 2 is 1.76 bits per heavy atom. The highest BCUT2D eigenvalue weighted by atomic mass is 35.5. The molecule has 10 nitrogen and oxygen atoms in total. The molecule has 1 aliphatic heterocycles. The fourth-order valence-corrected chi connectivity index (χ4v) is 5.29. The van der Waals surface area contributed by atoms with E-state index in [4.69, 9.17) is 38.0 Å². The highest BCUT2D eigenvalue weighted by Crippen LogP contribution is 2.33. The van der Waals surface area contributed by atoms with Gasteiger partial charge in [0, 0.05) is 46.7 Å². The number of benzene rings is 3. The first-order valence-electron chi connectivity index (χ1n) is 15.0. The van der Waals surface area contributed by atoms with E-state index in [1.165, 1.54) is 6.21 Å². The zero-order valence-corrected chi connectivity index (χ0v) is 27.8. The number of rotatable bonds is 14. The summed E-state index contributed by atoms with van der Waals surface area (Å²) in [7, 11) is 0. The first-order valence-corrected chi connectivity index (χ1v) is 15.8. The molecule has 0 aliphatic carbocycles. The molecule has 4 rings (SSSR count). The zero-order valence-electron chi connectivity index (χ0n) is 26.3. The molecule has 0 saturated carbocycles. The molecule has 12 heteroatoms. The molecule has 0 radical (unpaired) electrons. The maximum Gasteiger partial charge on any atom is 0.338 e. The molecule has 0 saturated heterocycles. The number of para-hydroxylation sites is 1. The summed E-state index contributed by atoms with van der Waals surface area (Å²) in [5.41, 5.74) is 6.78. The molecule has 0 aromatic heterocycles. The molecular formula is C34H38ClN5O5S. The first-order chi connectivity index (χ1) is 22.2. The number of halogens is 1. The lowest BCUT2D eigenvalue weighted by Crippen LogP contribution is -2.45. The number of carbonyl (C=O) groups is 2. The average molecular weight is 664 g/mol. The Hall–Kier alpha value is -4.61. The van der Waals surface area contributed by atoms with E-state index in [2.05, 4.69) is 39.9 Å².